The zero-order chi connectivity index (χ0) is 16.4. The quantitative estimate of drug-likeness (QED) is 0.518. The number of nitrogens with zero attached hydrogens (tertiary/aromatic N) is 2. The molecule has 0 atom stereocenters. The molecule has 2 nitrogen and oxygen atoms in total. The molecule has 0 bridgehead atoms. The van der Waals surface area contributed by atoms with Crippen molar-refractivity contribution in [3.63, 3.8) is 0 Å². The second-order valence-corrected chi connectivity index (χ2v) is 10.3. The molecule has 0 aliphatic carbocycles. The SMILES string of the molecule is Cl[Si]1(c2ccccc2)N(c2ccccc2)CCN1c1ccccc1. The van der Waals surface area contributed by atoms with E-state index >= 15 is 0 Å². The van der Waals surface area contributed by atoms with Gasteiger partial charge in [-0.3, -0.25) is 0 Å². The Labute approximate surface area is 148 Å². The molecule has 1 aliphatic heterocycles. The number of hydrogen-bond acceptors (Lipinski definition) is 2. The maximum absolute atomic E-state index is 7.49. The topological polar surface area (TPSA) is 6.48 Å². The first-order valence-corrected chi connectivity index (χ1v) is 11.1. The molecule has 4 rings (SSSR count). The fourth-order valence-electron chi connectivity index (χ4n) is 3.42. The Balaban J connectivity index is 1.85. The Morgan fingerprint density at radius 2 is 0.958 bits per heavy atom. The minimum atomic E-state index is -2.56. The molecule has 1 saturated heterocycles. The highest BCUT2D eigenvalue weighted by atomic mass is 35.6. The lowest BCUT2D eigenvalue weighted by Crippen LogP contribution is -2.64. The third-order valence-corrected chi connectivity index (χ3v) is 9.88. The van der Waals surface area contributed by atoms with E-state index in [0.717, 1.165) is 13.1 Å². The van der Waals surface area contributed by atoms with E-state index in [1.165, 1.54) is 16.6 Å². The minimum absolute atomic E-state index is 0.934. The second kappa shape index (κ2) is 6.34. The van der Waals surface area contributed by atoms with Crippen molar-refractivity contribution in [1.29, 1.82) is 0 Å². The molecule has 0 amide bonds. The Hall–Kier alpha value is -2.23. The monoisotopic (exact) mass is 350 g/mol. The van der Waals surface area contributed by atoms with Crippen LogP contribution >= 0.6 is 11.1 Å². The highest BCUT2D eigenvalue weighted by Gasteiger charge is 2.52. The molecule has 0 spiro atoms. The van der Waals surface area contributed by atoms with Crippen molar-refractivity contribution in [2.24, 2.45) is 0 Å². The highest BCUT2D eigenvalue weighted by Crippen LogP contribution is 2.35. The Morgan fingerprint density at radius 1 is 0.583 bits per heavy atom. The van der Waals surface area contributed by atoms with E-state index in [4.69, 9.17) is 11.1 Å². The van der Waals surface area contributed by atoms with Crippen molar-refractivity contribution in [2.75, 3.05) is 22.2 Å². The molecule has 3 aromatic carbocycles. The number of anilines is 2. The number of benzene rings is 3. The van der Waals surface area contributed by atoms with Gasteiger partial charge in [0.25, 0.3) is 0 Å². The average molecular weight is 351 g/mol. The number of halogens is 1. The maximum Gasteiger partial charge on any atom is 0.399 e. The van der Waals surface area contributed by atoms with E-state index < -0.39 is 7.71 Å². The Kier molecular flexibility index (Phi) is 4.04. The van der Waals surface area contributed by atoms with Crippen LogP contribution in [0.15, 0.2) is 91.0 Å². The van der Waals surface area contributed by atoms with Gasteiger partial charge in [-0.25, -0.2) is 0 Å². The molecule has 0 aromatic heterocycles. The molecule has 1 heterocycles. The standard InChI is InChI=1S/C20H19ClN2Si/c21-24(20-14-8-3-9-15-20)22(18-10-4-1-5-11-18)16-17-23(24)19-12-6-2-7-13-19/h1-15H,16-17H2. The fraction of sp³-hybridized carbons (Fsp3) is 0.100. The number of hydrogen-bond donors (Lipinski definition) is 0. The van der Waals surface area contributed by atoms with Crippen molar-refractivity contribution in [1.82, 2.24) is 0 Å². The minimum Gasteiger partial charge on any atom is -0.364 e. The van der Waals surface area contributed by atoms with Gasteiger partial charge in [0.2, 0.25) is 0 Å². The molecule has 0 unspecified atom stereocenters. The van der Waals surface area contributed by atoms with Crippen LogP contribution in [-0.4, -0.2) is 20.8 Å². The van der Waals surface area contributed by atoms with Crippen molar-refractivity contribution < 1.29 is 0 Å². The number of rotatable bonds is 3. The number of para-hydroxylation sites is 2. The molecule has 24 heavy (non-hydrogen) atoms. The van der Waals surface area contributed by atoms with Gasteiger partial charge in [0.15, 0.2) is 0 Å². The summed E-state index contributed by atoms with van der Waals surface area (Å²) >= 11 is 7.49. The Bertz CT molecular complexity index is 748. The van der Waals surface area contributed by atoms with E-state index in [2.05, 4.69) is 94.1 Å². The summed E-state index contributed by atoms with van der Waals surface area (Å²) in [6.07, 6.45) is 0. The highest BCUT2D eigenvalue weighted by molar-refractivity contribution is 7.31. The van der Waals surface area contributed by atoms with Crippen LogP contribution in [0.4, 0.5) is 11.4 Å². The van der Waals surface area contributed by atoms with Crippen LogP contribution in [0.3, 0.4) is 0 Å². The molecule has 0 radical (unpaired) electrons. The lowest BCUT2D eigenvalue weighted by atomic mass is 10.3. The van der Waals surface area contributed by atoms with E-state index in [1.54, 1.807) is 0 Å². The van der Waals surface area contributed by atoms with Crippen LogP contribution in [0.25, 0.3) is 0 Å². The van der Waals surface area contributed by atoms with Gasteiger partial charge in [-0.1, -0.05) is 66.7 Å². The normalized spacial score (nSPS) is 16.4. The maximum atomic E-state index is 7.49. The first kappa shape index (κ1) is 15.3. The average Bonchev–Trinajstić information content (AvgIpc) is 3.02. The zero-order valence-electron chi connectivity index (χ0n) is 13.3. The van der Waals surface area contributed by atoms with E-state index in [9.17, 15) is 0 Å². The van der Waals surface area contributed by atoms with E-state index in [1.807, 2.05) is 6.07 Å². The predicted molar refractivity (Wildman–Crippen MR) is 105 cm³/mol. The van der Waals surface area contributed by atoms with Crippen LogP contribution in [0, 0.1) is 0 Å². The molecular formula is C20H19ClN2Si. The molecular weight excluding hydrogens is 332 g/mol. The smallest absolute Gasteiger partial charge is 0.364 e. The van der Waals surface area contributed by atoms with Gasteiger partial charge in [-0.05, 0) is 29.5 Å². The third-order valence-electron chi connectivity index (χ3n) is 4.54. The first-order chi connectivity index (χ1) is 11.8. The molecule has 3 aromatic rings. The lowest BCUT2D eigenvalue weighted by Gasteiger charge is -2.38. The molecule has 4 heteroatoms. The fourth-order valence-corrected chi connectivity index (χ4v) is 8.20. The third kappa shape index (κ3) is 2.50. The summed E-state index contributed by atoms with van der Waals surface area (Å²) in [5.41, 5.74) is 2.39. The molecule has 120 valence electrons. The summed E-state index contributed by atoms with van der Waals surface area (Å²) in [6, 6.07) is 31.6. The molecule has 0 saturated carbocycles. The summed E-state index contributed by atoms with van der Waals surface area (Å²) in [6.45, 7) is 1.87. The summed E-state index contributed by atoms with van der Waals surface area (Å²) in [5, 5.41) is 1.22. The van der Waals surface area contributed by atoms with Crippen LogP contribution in [0.1, 0.15) is 0 Å². The van der Waals surface area contributed by atoms with Crippen LogP contribution in [0.5, 0.6) is 0 Å². The van der Waals surface area contributed by atoms with Gasteiger partial charge in [0.05, 0.1) is 0 Å². The van der Waals surface area contributed by atoms with Crippen LogP contribution < -0.4 is 14.3 Å². The molecule has 1 fully saturated rings. The Morgan fingerprint density at radius 3 is 1.38 bits per heavy atom. The van der Waals surface area contributed by atoms with Gasteiger partial charge < -0.3 is 9.13 Å². The van der Waals surface area contributed by atoms with Crippen LogP contribution in [-0.2, 0) is 0 Å². The predicted octanol–water partition coefficient (Wildman–Crippen LogP) is 4.10. The zero-order valence-corrected chi connectivity index (χ0v) is 15.1. The summed E-state index contributed by atoms with van der Waals surface area (Å²) in [4.78, 5) is 0. The lowest BCUT2D eigenvalue weighted by molar-refractivity contribution is 1.02. The van der Waals surface area contributed by atoms with Crippen molar-refractivity contribution in [2.45, 2.75) is 0 Å². The van der Waals surface area contributed by atoms with Gasteiger partial charge in [-0.15, -0.1) is 11.1 Å². The first-order valence-electron chi connectivity index (χ1n) is 8.20. The van der Waals surface area contributed by atoms with Gasteiger partial charge >= 0.3 is 7.71 Å². The molecule has 1 aliphatic rings. The summed E-state index contributed by atoms with van der Waals surface area (Å²) in [7, 11) is -2.56. The summed E-state index contributed by atoms with van der Waals surface area (Å²) < 4.78 is 4.83. The van der Waals surface area contributed by atoms with Crippen molar-refractivity contribution >= 4 is 35.3 Å². The van der Waals surface area contributed by atoms with Crippen LogP contribution in [0.2, 0.25) is 0 Å². The van der Waals surface area contributed by atoms with Crippen molar-refractivity contribution in [3.05, 3.63) is 91.0 Å². The van der Waals surface area contributed by atoms with E-state index in [0.29, 0.717) is 0 Å². The summed E-state index contributed by atoms with van der Waals surface area (Å²) in [5.74, 6) is 0. The second-order valence-electron chi connectivity index (χ2n) is 5.93. The van der Waals surface area contributed by atoms with Crippen molar-refractivity contribution in [3.8, 4) is 0 Å². The van der Waals surface area contributed by atoms with E-state index in [-0.39, 0.29) is 0 Å². The van der Waals surface area contributed by atoms with Gasteiger partial charge in [0, 0.05) is 24.5 Å². The largest absolute Gasteiger partial charge is 0.399 e. The molecule has 0 N–H and O–H groups in total. The van der Waals surface area contributed by atoms with Gasteiger partial charge in [-0.2, -0.15) is 0 Å². The van der Waals surface area contributed by atoms with Gasteiger partial charge in [0.1, 0.15) is 0 Å².